The van der Waals surface area contributed by atoms with Gasteiger partial charge in [-0.1, -0.05) is 20.8 Å². The van der Waals surface area contributed by atoms with Crippen LogP contribution in [0.4, 0.5) is 0 Å². The molecule has 1 aliphatic heterocycles. The molecule has 0 spiro atoms. The molecule has 1 amide bonds. The number of carbonyl (C=O) groups is 1. The van der Waals surface area contributed by atoms with Crippen LogP contribution in [0, 0.1) is 5.92 Å². The lowest BCUT2D eigenvalue weighted by atomic mass is 10.0. The molecule has 0 radical (unpaired) electrons. The Morgan fingerprint density at radius 1 is 1.53 bits per heavy atom. The molecule has 90 valence electrons. The molecule has 2 N–H and O–H groups in total. The fraction of sp³-hybridized carbons (Fsp3) is 0.900. The lowest BCUT2D eigenvalue weighted by molar-refractivity contribution is -0.133. The fourth-order valence-corrected chi connectivity index (χ4v) is 2.53. The van der Waals surface area contributed by atoms with E-state index >= 15 is 0 Å². The van der Waals surface area contributed by atoms with Gasteiger partial charge in [-0.25, -0.2) is 0 Å². The second-order valence-electron chi connectivity index (χ2n) is 4.24. The molecule has 1 heterocycles. The minimum Gasteiger partial charge on any atom is -0.339 e. The molecule has 3 nitrogen and oxygen atoms in total. The first-order valence-electron chi connectivity index (χ1n) is 5.18. The molecule has 2 atom stereocenters. The average Bonchev–Trinajstić information content (AvgIpc) is 2.15. The number of carbonyl (C=O) groups excluding carboxylic acids is 1. The first-order chi connectivity index (χ1) is 6.52. The maximum absolute atomic E-state index is 11.9. The monoisotopic (exact) mass is 252 g/mol. The Balaban J connectivity index is 0.00000196. The standard InChI is InChI=1S/C10H20N2OS.ClH/c1-7(2)9(11)10(13)12-4-5-14-8(3)6-12;/h7-9H,4-6,11H2,1-3H3;1H/t8?,9-;/m1./s1. The summed E-state index contributed by atoms with van der Waals surface area (Å²) in [4.78, 5) is 13.8. The van der Waals surface area contributed by atoms with Crippen molar-refractivity contribution in [2.45, 2.75) is 32.1 Å². The molecular formula is C10H21ClN2OS. The first-order valence-corrected chi connectivity index (χ1v) is 6.23. The van der Waals surface area contributed by atoms with Gasteiger partial charge in [0.05, 0.1) is 6.04 Å². The summed E-state index contributed by atoms with van der Waals surface area (Å²) in [6.45, 7) is 7.85. The van der Waals surface area contributed by atoms with E-state index in [1.165, 1.54) is 0 Å². The van der Waals surface area contributed by atoms with Gasteiger partial charge >= 0.3 is 0 Å². The summed E-state index contributed by atoms with van der Waals surface area (Å²) in [6, 6.07) is -0.328. The summed E-state index contributed by atoms with van der Waals surface area (Å²) in [5, 5.41) is 0.548. The van der Waals surface area contributed by atoms with E-state index in [4.69, 9.17) is 5.73 Å². The van der Waals surface area contributed by atoms with Gasteiger partial charge < -0.3 is 10.6 Å². The number of nitrogens with zero attached hydrogens (tertiary/aromatic N) is 1. The van der Waals surface area contributed by atoms with Crippen molar-refractivity contribution in [3.8, 4) is 0 Å². The van der Waals surface area contributed by atoms with Crippen LogP contribution in [0.1, 0.15) is 20.8 Å². The highest BCUT2D eigenvalue weighted by Gasteiger charge is 2.26. The summed E-state index contributed by atoms with van der Waals surface area (Å²) in [5.74, 6) is 1.39. The molecule has 15 heavy (non-hydrogen) atoms. The largest absolute Gasteiger partial charge is 0.339 e. The summed E-state index contributed by atoms with van der Waals surface area (Å²) in [7, 11) is 0. The molecule has 0 aromatic rings. The number of hydrogen-bond donors (Lipinski definition) is 1. The van der Waals surface area contributed by atoms with Gasteiger partial charge in [-0.3, -0.25) is 4.79 Å². The van der Waals surface area contributed by atoms with Crippen molar-refractivity contribution in [1.29, 1.82) is 0 Å². The molecule has 1 saturated heterocycles. The van der Waals surface area contributed by atoms with E-state index < -0.39 is 0 Å². The van der Waals surface area contributed by atoms with Crippen LogP contribution in [0.25, 0.3) is 0 Å². The summed E-state index contributed by atoms with van der Waals surface area (Å²) >= 11 is 1.92. The molecule has 1 fully saturated rings. The van der Waals surface area contributed by atoms with Gasteiger partial charge in [0, 0.05) is 24.1 Å². The predicted molar refractivity (Wildman–Crippen MR) is 68.6 cm³/mol. The minimum atomic E-state index is -0.328. The van der Waals surface area contributed by atoms with E-state index in [1.807, 2.05) is 30.5 Å². The van der Waals surface area contributed by atoms with Gasteiger partial charge in [-0.2, -0.15) is 11.8 Å². The van der Waals surface area contributed by atoms with Gasteiger partial charge in [0.2, 0.25) is 5.91 Å². The van der Waals surface area contributed by atoms with E-state index in [2.05, 4.69) is 6.92 Å². The van der Waals surface area contributed by atoms with Gasteiger partial charge in [0.25, 0.3) is 0 Å². The number of thioether (sulfide) groups is 1. The Morgan fingerprint density at radius 3 is 2.60 bits per heavy atom. The number of amides is 1. The molecule has 0 bridgehead atoms. The van der Waals surface area contributed by atoms with Crippen molar-refractivity contribution in [2.24, 2.45) is 11.7 Å². The Hall–Kier alpha value is 0.0700. The zero-order valence-electron chi connectivity index (χ0n) is 9.60. The third-order valence-electron chi connectivity index (χ3n) is 2.56. The van der Waals surface area contributed by atoms with Crippen molar-refractivity contribution >= 4 is 30.1 Å². The van der Waals surface area contributed by atoms with Crippen molar-refractivity contribution in [2.75, 3.05) is 18.8 Å². The van der Waals surface area contributed by atoms with Crippen molar-refractivity contribution in [3.05, 3.63) is 0 Å². The highest BCUT2D eigenvalue weighted by Crippen LogP contribution is 2.18. The highest BCUT2D eigenvalue weighted by atomic mass is 35.5. The average molecular weight is 253 g/mol. The molecule has 1 rings (SSSR count). The SMILES string of the molecule is CC1CN(C(=O)[C@H](N)C(C)C)CCS1.Cl. The highest BCUT2D eigenvalue weighted by molar-refractivity contribution is 7.99. The van der Waals surface area contributed by atoms with Gasteiger partial charge in [0.15, 0.2) is 0 Å². The van der Waals surface area contributed by atoms with Crippen LogP contribution in [-0.4, -0.2) is 40.9 Å². The minimum absolute atomic E-state index is 0. The van der Waals surface area contributed by atoms with E-state index in [-0.39, 0.29) is 30.3 Å². The summed E-state index contributed by atoms with van der Waals surface area (Å²) < 4.78 is 0. The summed E-state index contributed by atoms with van der Waals surface area (Å²) in [6.07, 6.45) is 0. The van der Waals surface area contributed by atoms with E-state index in [9.17, 15) is 4.79 Å². The smallest absolute Gasteiger partial charge is 0.239 e. The quantitative estimate of drug-likeness (QED) is 0.807. The van der Waals surface area contributed by atoms with E-state index in [0.717, 1.165) is 18.8 Å². The maximum Gasteiger partial charge on any atom is 0.239 e. The second-order valence-corrected chi connectivity index (χ2v) is 5.78. The van der Waals surface area contributed by atoms with Gasteiger partial charge in [-0.15, -0.1) is 12.4 Å². The fourth-order valence-electron chi connectivity index (χ4n) is 1.51. The van der Waals surface area contributed by atoms with Gasteiger partial charge in [0.1, 0.15) is 0 Å². The van der Waals surface area contributed by atoms with Gasteiger partial charge in [-0.05, 0) is 5.92 Å². The van der Waals surface area contributed by atoms with Crippen molar-refractivity contribution < 1.29 is 4.79 Å². The molecule has 1 aliphatic rings. The molecule has 0 saturated carbocycles. The summed E-state index contributed by atoms with van der Waals surface area (Å²) in [5.41, 5.74) is 5.84. The van der Waals surface area contributed by atoms with E-state index in [0.29, 0.717) is 5.25 Å². The Labute approximate surface area is 103 Å². The lowest BCUT2D eigenvalue weighted by Gasteiger charge is -2.33. The van der Waals surface area contributed by atoms with Crippen molar-refractivity contribution in [1.82, 2.24) is 4.90 Å². The normalized spacial score (nSPS) is 23.5. The molecule has 0 aromatic carbocycles. The number of halogens is 1. The Bertz CT molecular complexity index is 214. The third-order valence-corrected chi connectivity index (χ3v) is 3.69. The Morgan fingerprint density at radius 2 is 2.13 bits per heavy atom. The molecule has 0 aromatic heterocycles. The zero-order valence-corrected chi connectivity index (χ0v) is 11.2. The third kappa shape index (κ3) is 4.21. The maximum atomic E-state index is 11.9. The number of hydrogen-bond acceptors (Lipinski definition) is 3. The molecule has 5 heteroatoms. The van der Waals surface area contributed by atoms with Crippen LogP contribution >= 0.6 is 24.2 Å². The number of nitrogens with two attached hydrogens (primary N) is 1. The lowest BCUT2D eigenvalue weighted by Crippen LogP contribution is -2.50. The van der Waals surface area contributed by atoms with Crippen LogP contribution in [0.3, 0.4) is 0 Å². The van der Waals surface area contributed by atoms with Crippen LogP contribution < -0.4 is 5.73 Å². The topological polar surface area (TPSA) is 46.3 Å². The van der Waals surface area contributed by atoms with Crippen LogP contribution in [0.2, 0.25) is 0 Å². The van der Waals surface area contributed by atoms with Crippen molar-refractivity contribution in [3.63, 3.8) is 0 Å². The predicted octanol–water partition coefficient (Wildman–Crippen LogP) is 1.36. The molecule has 1 unspecified atom stereocenters. The number of rotatable bonds is 2. The first kappa shape index (κ1) is 15.1. The zero-order chi connectivity index (χ0) is 10.7. The molecular weight excluding hydrogens is 232 g/mol. The van der Waals surface area contributed by atoms with Crippen LogP contribution in [-0.2, 0) is 4.79 Å². The van der Waals surface area contributed by atoms with E-state index in [1.54, 1.807) is 0 Å². The Kier molecular flexibility index (Phi) is 6.64. The second kappa shape index (κ2) is 6.61. The van der Waals surface area contributed by atoms with Crippen LogP contribution in [0.15, 0.2) is 0 Å². The van der Waals surface area contributed by atoms with Crippen LogP contribution in [0.5, 0.6) is 0 Å². The molecule has 0 aliphatic carbocycles.